The molecule has 2 rings (SSSR count). The second-order valence-corrected chi connectivity index (χ2v) is 4.19. The van der Waals surface area contributed by atoms with Crippen LogP contribution in [0, 0.1) is 5.92 Å². The standard InChI is InChI=1S/C10H18N2O/c13-10-9(3-1-2-6-11-10)12-7-8-4-5-8/h8-9,12H,1-7H2,(H,11,13). The highest BCUT2D eigenvalue weighted by atomic mass is 16.2. The van der Waals surface area contributed by atoms with Crippen LogP contribution in [-0.2, 0) is 4.79 Å². The summed E-state index contributed by atoms with van der Waals surface area (Å²) < 4.78 is 0. The third-order valence-electron chi connectivity index (χ3n) is 2.89. The third-order valence-corrected chi connectivity index (χ3v) is 2.89. The Labute approximate surface area is 79.3 Å². The van der Waals surface area contributed by atoms with Crippen molar-refractivity contribution in [3.05, 3.63) is 0 Å². The molecule has 0 radical (unpaired) electrons. The molecule has 74 valence electrons. The largest absolute Gasteiger partial charge is 0.355 e. The van der Waals surface area contributed by atoms with Gasteiger partial charge in [-0.05, 0) is 44.6 Å². The van der Waals surface area contributed by atoms with Gasteiger partial charge in [0.15, 0.2) is 0 Å². The fourth-order valence-corrected chi connectivity index (χ4v) is 1.77. The lowest BCUT2D eigenvalue weighted by Crippen LogP contribution is -2.43. The monoisotopic (exact) mass is 182 g/mol. The summed E-state index contributed by atoms with van der Waals surface area (Å²) in [6.07, 6.45) is 6.01. The lowest BCUT2D eigenvalue weighted by Gasteiger charge is -2.14. The van der Waals surface area contributed by atoms with Crippen LogP contribution < -0.4 is 10.6 Å². The lowest BCUT2D eigenvalue weighted by atomic mass is 10.1. The first kappa shape index (κ1) is 9.00. The summed E-state index contributed by atoms with van der Waals surface area (Å²) in [5, 5.41) is 6.30. The van der Waals surface area contributed by atoms with Gasteiger partial charge in [-0.3, -0.25) is 4.79 Å². The summed E-state index contributed by atoms with van der Waals surface area (Å²) in [5.74, 6) is 1.06. The molecule has 1 aliphatic heterocycles. The Kier molecular flexibility index (Phi) is 2.83. The summed E-state index contributed by atoms with van der Waals surface area (Å²) in [5.41, 5.74) is 0. The quantitative estimate of drug-likeness (QED) is 0.673. The minimum atomic E-state index is 0.0862. The maximum Gasteiger partial charge on any atom is 0.237 e. The van der Waals surface area contributed by atoms with E-state index in [0.717, 1.165) is 31.8 Å². The molecular formula is C10H18N2O. The molecule has 0 spiro atoms. The average molecular weight is 182 g/mol. The zero-order valence-corrected chi connectivity index (χ0v) is 8.01. The number of amides is 1. The van der Waals surface area contributed by atoms with Crippen molar-refractivity contribution in [2.75, 3.05) is 13.1 Å². The second kappa shape index (κ2) is 4.09. The number of hydrogen-bond acceptors (Lipinski definition) is 2. The number of hydrogen-bond donors (Lipinski definition) is 2. The summed E-state index contributed by atoms with van der Waals surface area (Å²) in [6, 6.07) is 0.0862. The van der Waals surface area contributed by atoms with E-state index < -0.39 is 0 Å². The van der Waals surface area contributed by atoms with Gasteiger partial charge in [-0.1, -0.05) is 0 Å². The second-order valence-electron chi connectivity index (χ2n) is 4.19. The number of rotatable bonds is 3. The van der Waals surface area contributed by atoms with Gasteiger partial charge in [-0.25, -0.2) is 0 Å². The molecule has 13 heavy (non-hydrogen) atoms. The topological polar surface area (TPSA) is 41.1 Å². The van der Waals surface area contributed by atoms with Crippen molar-refractivity contribution >= 4 is 5.91 Å². The maximum absolute atomic E-state index is 11.5. The molecule has 1 saturated heterocycles. The molecule has 0 aromatic heterocycles. The summed E-state index contributed by atoms with van der Waals surface area (Å²) in [6.45, 7) is 1.90. The van der Waals surface area contributed by atoms with Crippen LogP contribution in [-0.4, -0.2) is 25.0 Å². The summed E-state index contributed by atoms with van der Waals surface area (Å²) >= 11 is 0. The van der Waals surface area contributed by atoms with Crippen LogP contribution in [0.4, 0.5) is 0 Å². The molecule has 2 N–H and O–H groups in total. The highest BCUT2D eigenvalue weighted by Gasteiger charge is 2.25. The van der Waals surface area contributed by atoms with Gasteiger partial charge >= 0.3 is 0 Å². The normalized spacial score (nSPS) is 29.5. The Bertz CT molecular complexity index is 189. The zero-order valence-electron chi connectivity index (χ0n) is 8.01. The van der Waals surface area contributed by atoms with Crippen LogP contribution in [0.15, 0.2) is 0 Å². The Morgan fingerprint density at radius 1 is 1.31 bits per heavy atom. The number of nitrogens with one attached hydrogen (secondary N) is 2. The van der Waals surface area contributed by atoms with Crippen molar-refractivity contribution in [2.45, 2.75) is 38.1 Å². The van der Waals surface area contributed by atoms with Crippen LogP contribution >= 0.6 is 0 Å². The molecule has 3 heteroatoms. The summed E-state index contributed by atoms with van der Waals surface area (Å²) in [4.78, 5) is 11.5. The Hall–Kier alpha value is -0.570. The smallest absolute Gasteiger partial charge is 0.237 e. The van der Waals surface area contributed by atoms with Gasteiger partial charge in [0, 0.05) is 6.54 Å². The molecule has 1 heterocycles. The van der Waals surface area contributed by atoms with E-state index in [1.807, 2.05) is 0 Å². The first-order valence-corrected chi connectivity index (χ1v) is 5.37. The van der Waals surface area contributed by atoms with E-state index in [9.17, 15) is 4.79 Å². The van der Waals surface area contributed by atoms with Crippen molar-refractivity contribution < 1.29 is 4.79 Å². The Morgan fingerprint density at radius 2 is 2.15 bits per heavy atom. The van der Waals surface area contributed by atoms with E-state index in [2.05, 4.69) is 10.6 Å². The van der Waals surface area contributed by atoms with Gasteiger partial charge < -0.3 is 10.6 Å². The molecule has 3 nitrogen and oxygen atoms in total. The van der Waals surface area contributed by atoms with Crippen LogP contribution in [0.1, 0.15) is 32.1 Å². The van der Waals surface area contributed by atoms with Crippen molar-refractivity contribution in [1.29, 1.82) is 0 Å². The van der Waals surface area contributed by atoms with Crippen LogP contribution in [0.5, 0.6) is 0 Å². The van der Waals surface area contributed by atoms with E-state index in [1.165, 1.54) is 19.3 Å². The van der Waals surface area contributed by atoms with E-state index in [1.54, 1.807) is 0 Å². The predicted molar refractivity (Wildman–Crippen MR) is 51.4 cm³/mol. The number of carbonyl (C=O) groups excluding carboxylic acids is 1. The van der Waals surface area contributed by atoms with Gasteiger partial charge in [0.1, 0.15) is 0 Å². The minimum absolute atomic E-state index is 0.0862. The zero-order chi connectivity index (χ0) is 9.10. The molecule has 1 saturated carbocycles. The average Bonchev–Trinajstić information content (AvgIpc) is 2.90. The molecule has 0 aromatic rings. The first-order valence-electron chi connectivity index (χ1n) is 5.37. The number of carbonyl (C=O) groups is 1. The van der Waals surface area contributed by atoms with Crippen LogP contribution in [0.2, 0.25) is 0 Å². The van der Waals surface area contributed by atoms with Gasteiger partial charge in [0.25, 0.3) is 0 Å². The molecule has 1 unspecified atom stereocenters. The molecule has 2 aliphatic rings. The van der Waals surface area contributed by atoms with Crippen LogP contribution in [0.25, 0.3) is 0 Å². The van der Waals surface area contributed by atoms with Crippen molar-refractivity contribution in [2.24, 2.45) is 5.92 Å². The lowest BCUT2D eigenvalue weighted by molar-refractivity contribution is -0.122. The predicted octanol–water partition coefficient (Wildman–Crippen LogP) is 0.655. The van der Waals surface area contributed by atoms with Gasteiger partial charge in [-0.15, -0.1) is 0 Å². The highest BCUT2D eigenvalue weighted by Crippen LogP contribution is 2.27. The molecule has 0 aromatic carbocycles. The molecule has 1 aliphatic carbocycles. The van der Waals surface area contributed by atoms with E-state index in [-0.39, 0.29) is 11.9 Å². The van der Waals surface area contributed by atoms with E-state index in [4.69, 9.17) is 0 Å². The van der Waals surface area contributed by atoms with Crippen molar-refractivity contribution in [1.82, 2.24) is 10.6 Å². The molecule has 1 atom stereocenters. The van der Waals surface area contributed by atoms with Gasteiger partial charge in [-0.2, -0.15) is 0 Å². The van der Waals surface area contributed by atoms with Crippen molar-refractivity contribution in [3.8, 4) is 0 Å². The minimum Gasteiger partial charge on any atom is -0.355 e. The fraction of sp³-hybridized carbons (Fsp3) is 0.900. The molecule has 2 fully saturated rings. The van der Waals surface area contributed by atoms with Crippen LogP contribution in [0.3, 0.4) is 0 Å². The Morgan fingerprint density at radius 3 is 2.92 bits per heavy atom. The van der Waals surface area contributed by atoms with Gasteiger partial charge in [0.05, 0.1) is 6.04 Å². The van der Waals surface area contributed by atoms with Crippen molar-refractivity contribution in [3.63, 3.8) is 0 Å². The third kappa shape index (κ3) is 2.69. The first-order chi connectivity index (χ1) is 6.36. The molecule has 1 amide bonds. The Balaban J connectivity index is 1.76. The van der Waals surface area contributed by atoms with E-state index in [0.29, 0.717) is 0 Å². The summed E-state index contributed by atoms with van der Waals surface area (Å²) in [7, 11) is 0. The highest BCUT2D eigenvalue weighted by molar-refractivity contribution is 5.81. The molecular weight excluding hydrogens is 164 g/mol. The molecule has 0 bridgehead atoms. The van der Waals surface area contributed by atoms with Gasteiger partial charge in [0.2, 0.25) is 5.91 Å². The SMILES string of the molecule is O=C1NCCCCC1NCC1CC1. The fourth-order valence-electron chi connectivity index (χ4n) is 1.77. The van der Waals surface area contributed by atoms with E-state index >= 15 is 0 Å². The maximum atomic E-state index is 11.5.